The lowest BCUT2D eigenvalue weighted by Gasteiger charge is -2.39. The van der Waals surface area contributed by atoms with Gasteiger partial charge in [0.05, 0.1) is 31.3 Å². The fourth-order valence-corrected chi connectivity index (χ4v) is 2.21. The van der Waals surface area contributed by atoms with E-state index in [2.05, 4.69) is 0 Å². The quantitative estimate of drug-likeness (QED) is 0.679. The number of nitriles is 1. The van der Waals surface area contributed by atoms with E-state index < -0.39 is 11.4 Å². The first kappa shape index (κ1) is 9.91. The van der Waals surface area contributed by atoms with Crippen LogP contribution in [-0.4, -0.2) is 29.7 Å². The Morgan fingerprint density at radius 1 is 1.14 bits per heavy atom. The minimum absolute atomic E-state index is 0.211. The highest BCUT2D eigenvalue weighted by Crippen LogP contribution is 2.41. The molecule has 78 valence electrons. The third-order valence-electron chi connectivity index (χ3n) is 3.16. The summed E-state index contributed by atoms with van der Waals surface area (Å²) in [5.74, 6) is -0.443. The summed E-state index contributed by atoms with van der Waals surface area (Å²) >= 11 is 0. The average molecular weight is 197 g/mol. The van der Waals surface area contributed by atoms with Crippen LogP contribution in [0.2, 0.25) is 0 Å². The number of hydrogen-bond acceptors (Lipinski definition) is 4. The fraction of sp³-hybridized carbons (Fsp3) is 0.900. The standard InChI is InChI=1S/C10H15NO3/c11-6-5-9(12)1-3-10(4-2-9)13-7-8-14-10/h12H,1-5,7-8H2. The van der Waals surface area contributed by atoms with Gasteiger partial charge < -0.3 is 14.6 Å². The van der Waals surface area contributed by atoms with Crippen molar-refractivity contribution in [2.45, 2.75) is 43.5 Å². The zero-order chi connectivity index (χ0) is 10.1. The van der Waals surface area contributed by atoms with Gasteiger partial charge >= 0.3 is 0 Å². The van der Waals surface area contributed by atoms with Crippen LogP contribution >= 0.6 is 0 Å². The van der Waals surface area contributed by atoms with Crippen molar-refractivity contribution in [3.8, 4) is 6.07 Å². The zero-order valence-electron chi connectivity index (χ0n) is 8.16. The molecule has 4 heteroatoms. The lowest BCUT2D eigenvalue weighted by atomic mass is 9.80. The third kappa shape index (κ3) is 1.76. The Morgan fingerprint density at radius 3 is 2.21 bits per heavy atom. The normalized spacial score (nSPS) is 28.9. The molecule has 14 heavy (non-hydrogen) atoms. The summed E-state index contributed by atoms with van der Waals surface area (Å²) < 4.78 is 11.1. The van der Waals surface area contributed by atoms with Crippen LogP contribution in [0.1, 0.15) is 32.1 Å². The smallest absolute Gasteiger partial charge is 0.168 e. The van der Waals surface area contributed by atoms with Gasteiger partial charge in [-0.05, 0) is 12.8 Å². The molecule has 0 aromatic heterocycles. The predicted octanol–water partition coefficient (Wildman–Crippen LogP) is 0.948. The van der Waals surface area contributed by atoms with Crippen molar-refractivity contribution in [1.29, 1.82) is 5.26 Å². The second-order valence-electron chi connectivity index (χ2n) is 4.17. The highest BCUT2D eigenvalue weighted by Gasteiger charge is 2.45. The first-order valence-corrected chi connectivity index (χ1v) is 5.05. The van der Waals surface area contributed by atoms with Gasteiger partial charge in [0.15, 0.2) is 5.79 Å². The Kier molecular flexibility index (Phi) is 2.48. The second kappa shape index (κ2) is 3.50. The Balaban J connectivity index is 1.94. The molecule has 1 aliphatic heterocycles. The van der Waals surface area contributed by atoms with Crippen molar-refractivity contribution in [3.05, 3.63) is 0 Å². The van der Waals surface area contributed by atoms with E-state index in [4.69, 9.17) is 14.7 Å². The van der Waals surface area contributed by atoms with Gasteiger partial charge in [0.2, 0.25) is 0 Å². The average Bonchev–Trinajstić information content (AvgIpc) is 2.61. The van der Waals surface area contributed by atoms with Gasteiger partial charge in [-0.25, -0.2) is 0 Å². The molecule has 1 heterocycles. The van der Waals surface area contributed by atoms with E-state index in [0.29, 0.717) is 38.9 Å². The van der Waals surface area contributed by atoms with Crippen molar-refractivity contribution in [1.82, 2.24) is 0 Å². The van der Waals surface area contributed by atoms with Crippen LogP contribution < -0.4 is 0 Å². The Bertz CT molecular complexity index is 243. The SMILES string of the molecule is N#CCC1(O)CCC2(CC1)OCCO2. The van der Waals surface area contributed by atoms with E-state index in [9.17, 15) is 5.11 Å². The molecule has 0 bridgehead atoms. The van der Waals surface area contributed by atoms with E-state index >= 15 is 0 Å². The van der Waals surface area contributed by atoms with Crippen molar-refractivity contribution in [3.63, 3.8) is 0 Å². The Morgan fingerprint density at radius 2 is 1.71 bits per heavy atom. The van der Waals surface area contributed by atoms with Gasteiger partial charge in [0.25, 0.3) is 0 Å². The Labute approximate surface area is 83.4 Å². The van der Waals surface area contributed by atoms with Crippen LogP contribution in [0.25, 0.3) is 0 Å². The van der Waals surface area contributed by atoms with Crippen molar-refractivity contribution >= 4 is 0 Å². The molecule has 0 aromatic rings. The third-order valence-corrected chi connectivity index (χ3v) is 3.16. The molecule has 2 aliphatic rings. The molecule has 1 N–H and O–H groups in total. The zero-order valence-corrected chi connectivity index (χ0v) is 8.16. The van der Waals surface area contributed by atoms with Gasteiger partial charge in [-0.2, -0.15) is 5.26 Å². The summed E-state index contributed by atoms with van der Waals surface area (Å²) in [6, 6.07) is 2.03. The first-order valence-electron chi connectivity index (χ1n) is 5.05. The molecular weight excluding hydrogens is 182 g/mol. The van der Waals surface area contributed by atoms with E-state index in [1.165, 1.54) is 0 Å². The van der Waals surface area contributed by atoms with E-state index in [1.54, 1.807) is 0 Å². The monoisotopic (exact) mass is 197 g/mol. The Hall–Kier alpha value is -0.630. The summed E-state index contributed by atoms with van der Waals surface area (Å²) in [5.41, 5.74) is -0.810. The van der Waals surface area contributed by atoms with Gasteiger partial charge in [0, 0.05) is 12.8 Å². The predicted molar refractivity (Wildman–Crippen MR) is 48.3 cm³/mol. The highest BCUT2D eigenvalue weighted by atomic mass is 16.7. The van der Waals surface area contributed by atoms with Crippen LogP contribution in [0.15, 0.2) is 0 Å². The molecule has 0 atom stereocenters. The molecular formula is C10H15NO3. The maximum atomic E-state index is 9.98. The largest absolute Gasteiger partial charge is 0.389 e. The van der Waals surface area contributed by atoms with Crippen LogP contribution in [0.4, 0.5) is 0 Å². The molecule has 0 amide bonds. The molecule has 2 rings (SSSR count). The van der Waals surface area contributed by atoms with Gasteiger partial charge in [0.1, 0.15) is 0 Å². The van der Waals surface area contributed by atoms with E-state index in [-0.39, 0.29) is 6.42 Å². The minimum Gasteiger partial charge on any atom is -0.389 e. The summed E-state index contributed by atoms with van der Waals surface area (Å²) in [7, 11) is 0. The fourth-order valence-electron chi connectivity index (χ4n) is 2.21. The number of rotatable bonds is 1. The van der Waals surface area contributed by atoms with Gasteiger partial charge in [-0.3, -0.25) is 0 Å². The first-order chi connectivity index (χ1) is 6.68. The molecule has 0 aromatic carbocycles. The summed E-state index contributed by atoms with van der Waals surface area (Å²) in [4.78, 5) is 0. The summed E-state index contributed by atoms with van der Waals surface area (Å²) in [6.07, 6.45) is 2.81. The lowest BCUT2D eigenvalue weighted by molar-refractivity contribution is -0.201. The summed E-state index contributed by atoms with van der Waals surface area (Å²) in [5, 5.41) is 18.5. The lowest BCUT2D eigenvalue weighted by Crippen LogP contribution is -2.43. The van der Waals surface area contributed by atoms with Crippen LogP contribution in [0, 0.1) is 11.3 Å². The molecule has 1 saturated heterocycles. The number of hydrogen-bond donors (Lipinski definition) is 1. The van der Waals surface area contributed by atoms with Crippen molar-refractivity contribution in [2.75, 3.05) is 13.2 Å². The molecule has 0 radical (unpaired) electrons. The van der Waals surface area contributed by atoms with Crippen LogP contribution in [0.5, 0.6) is 0 Å². The van der Waals surface area contributed by atoms with Crippen molar-refractivity contribution < 1.29 is 14.6 Å². The molecule has 1 aliphatic carbocycles. The maximum Gasteiger partial charge on any atom is 0.168 e. The minimum atomic E-state index is -0.810. The van der Waals surface area contributed by atoms with E-state index in [1.807, 2.05) is 6.07 Å². The molecule has 0 unspecified atom stereocenters. The molecule has 1 spiro atoms. The maximum absolute atomic E-state index is 9.98. The highest BCUT2D eigenvalue weighted by molar-refractivity contribution is 4.96. The van der Waals surface area contributed by atoms with Crippen LogP contribution in [-0.2, 0) is 9.47 Å². The number of nitrogens with zero attached hydrogens (tertiary/aromatic N) is 1. The van der Waals surface area contributed by atoms with Crippen molar-refractivity contribution in [2.24, 2.45) is 0 Å². The second-order valence-corrected chi connectivity index (χ2v) is 4.17. The molecule has 2 fully saturated rings. The topological polar surface area (TPSA) is 62.5 Å². The number of ether oxygens (including phenoxy) is 2. The summed E-state index contributed by atoms with van der Waals surface area (Å²) in [6.45, 7) is 1.30. The molecule has 4 nitrogen and oxygen atoms in total. The molecule has 1 saturated carbocycles. The van der Waals surface area contributed by atoms with Crippen LogP contribution in [0.3, 0.4) is 0 Å². The van der Waals surface area contributed by atoms with Gasteiger partial charge in [-0.15, -0.1) is 0 Å². The number of aliphatic hydroxyl groups is 1. The van der Waals surface area contributed by atoms with Gasteiger partial charge in [-0.1, -0.05) is 0 Å². The van der Waals surface area contributed by atoms with E-state index in [0.717, 1.165) is 0 Å².